The summed E-state index contributed by atoms with van der Waals surface area (Å²) in [6, 6.07) is 24.7. The van der Waals surface area contributed by atoms with Crippen molar-refractivity contribution in [2.24, 2.45) is 0 Å². The van der Waals surface area contributed by atoms with Gasteiger partial charge in [-0.3, -0.25) is 9.59 Å². The van der Waals surface area contributed by atoms with Gasteiger partial charge in [0.15, 0.2) is 5.78 Å². The predicted molar refractivity (Wildman–Crippen MR) is 113 cm³/mol. The van der Waals surface area contributed by atoms with Crippen molar-refractivity contribution >= 4 is 11.7 Å². The molecule has 1 heterocycles. The minimum atomic E-state index is -1.27. The fraction of sp³-hybridized carbons (Fsp3) is 0.200. The summed E-state index contributed by atoms with van der Waals surface area (Å²) in [7, 11) is 1.59. The largest absolute Gasteiger partial charge is 0.497 e. The maximum atomic E-state index is 13.5. The van der Waals surface area contributed by atoms with Crippen LogP contribution in [-0.4, -0.2) is 41.0 Å². The SMILES string of the molecule is COc1ccc(CN2C(=O)[C@@H](O)[C@H](c3ccccc3)[C@@H]2C(=O)c2ccccc2)cc1. The monoisotopic (exact) mass is 401 g/mol. The molecule has 0 radical (unpaired) electrons. The van der Waals surface area contributed by atoms with Gasteiger partial charge in [0.05, 0.1) is 7.11 Å². The van der Waals surface area contributed by atoms with Crippen LogP contribution in [0.4, 0.5) is 0 Å². The maximum Gasteiger partial charge on any atom is 0.253 e. The zero-order valence-corrected chi connectivity index (χ0v) is 16.6. The minimum Gasteiger partial charge on any atom is -0.497 e. The smallest absolute Gasteiger partial charge is 0.253 e. The van der Waals surface area contributed by atoms with Crippen LogP contribution in [0.3, 0.4) is 0 Å². The fourth-order valence-electron chi connectivity index (χ4n) is 4.05. The van der Waals surface area contributed by atoms with Crippen molar-refractivity contribution in [2.75, 3.05) is 7.11 Å². The number of aliphatic hydroxyl groups is 1. The number of carbonyl (C=O) groups excluding carboxylic acids is 2. The normalized spacial score (nSPS) is 20.9. The molecule has 4 rings (SSSR count). The van der Waals surface area contributed by atoms with Crippen LogP contribution in [0.25, 0.3) is 0 Å². The summed E-state index contributed by atoms with van der Waals surface area (Å²) in [5.74, 6) is -0.535. The number of carbonyl (C=O) groups is 2. The van der Waals surface area contributed by atoms with Gasteiger partial charge in [-0.25, -0.2) is 0 Å². The Morgan fingerprint density at radius 1 is 0.933 bits per heavy atom. The second-order valence-corrected chi connectivity index (χ2v) is 7.37. The topological polar surface area (TPSA) is 66.8 Å². The molecule has 0 saturated carbocycles. The van der Waals surface area contributed by atoms with Crippen LogP contribution in [0.15, 0.2) is 84.9 Å². The second-order valence-electron chi connectivity index (χ2n) is 7.37. The lowest BCUT2D eigenvalue weighted by Crippen LogP contribution is -2.40. The Hall–Kier alpha value is -3.44. The van der Waals surface area contributed by atoms with E-state index in [0.717, 1.165) is 11.1 Å². The van der Waals surface area contributed by atoms with Crippen molar-refractivity contribution < 1.29 is 19.4 Å². The average Bonchev–Trinajstić information content (AvgIpc) is 3.05. The van der Waals surface area contributed by atoms with Gasteiger partial charge < -0.3 is 14.7 Å². The number of nitrogens with zero attached hydrogens (tertiary/aromatic N) is 1. The molecule has 152 valence electrons. The first-order chi connectivity index (χ1) is 14.6. The highest BCUT2D eigenvalue weighted by atomic mass is 16.5. The van der Waals surface area contributed by atoms with Crippen LogP contribution in [0.5, 0.6) is 5.75 Å². The Morgan fingerprint density at radius 3 is 2.13 bits per heavy atom. The number of benzene rings is 3. The summed E-state index contributed by atoms with van der Waals surface area (Å²) < 4.78 is 5.19. The molecule has 5 heteroatoms. The fourth-order valence-corrected chi connectivity index (χ4v) is 4.05. The predicted octanol–water partition coefficient (Wildman–Crippen LogP) is 3.43. The van der Waals surface area contributed by atoms with Gasteiger partial charge in [-0.1, -0.05) is 72.8 Å². The van der Waals surface area contributed by atoms with Crippen molar-refractivity contribution in [3.8, 4) is 5.75 Å². The van der Waals surface area contributed by atoms with Gasteiger partial charge in [0.1, 0.15) is 17.9 Å². The van der Waals surface area contributed by atoms with E-state index in [4.69, 9.17) is 4.74 Å². The number of methoxy groups -OCH3 is 1. The Labute approximate surface area is 175 Å². The molecule has 3 aromatic carbocycles. The van der Waals surface area contributed by atoms with Crippen molar-refractivity contribution in [3.05, 3.63) is 102 Å². The van der Waals surface area contributed by atoms with Gasteiger partial charge in [0.25, 0.3) is 5.91 Å². The summed E-state index contributed by atoms with van der Waals surface area (Å²) in [6.07, 6.45) is -1.27. The number of hydrogen-bond donors (Lipinski definition) is 1. The number of hydrogen-bond acceptors (Lipinski definition) is 4. The number of rotatable bonds is 6. The lowest BCUT2D eigenvalue weighted by molar-refractivity contribution is -0.135. The lowest BCUT2D eigenvalue weighted by atomic mass is 9.85. The van der Waals surface area contributed by atoms with Gasteiger partial charge in [-0.05, 0) is 23.3 Å². The van der Waals surface area contributed by atoms with Gasteiger partial charge in [0, 0.05) is 18.0 Å². The summed E-state index contributed by atoms with van der Waals surface area (Å²) in [5, 5.41) is 10.8. The first kappa shape index (κ1) is 19.9. The Kier molecular flexibility index (Phi) is 5.63. The molecule has 1 aliphatic rings. The van der Waals surface area contributed by atoms with E-state index < -0.39 is 24.0 Å². The highest BCUT2D eigenvalue weighted by molar-refractivity contribution is 6.05. The molecule has 30 heavy (non-hydrogen) atoms. The lowest BCUT2D eigenvalue weighted by Gasteiger charge is -2.27. The Morgan fingerprint density at radius 2 is 1.53 bits per heavy atom. The number of ketones is 1. The standard InChI is InChI=1S/C25H23NO4/c1-30-20-14-12-17(13-15-20)16-26-22(23(27)19-10-6-3-7-11-19)21(24(28)25(26)29)18-8-4-2-5-9-18/h2-15,21-22,24,28H,16H2,1H3/t21-,22-,24+/m1/s1. The van der Waals surface area contributed by atoms with Crippen molar-refractivity contribution in [3.63, 3.8) is 0 Å². The van der Waals surface area contributed by atoms with Gasteiger partial charge >= 0.3 is 0 Å². The molecule has 5 nitrogen and oxygen atoms in total. The third kappa shape index (κ3) is 3.72. The average molecular weight is 401 g/mol. The summed E-state index contributed by atoms with van der Waals surface area (Å²) in [4.78, 5) is 28.1. The summed E-state index contributed by atoms with van der Waals surface area (Å²) in [5.41, 5.74) is 2.14. The zero-order valence-electron chi connectivity index (χ0n) is 16.6. The van der Waals surface area contributed by atoms with E-state index in [1.54, 1.807) is 31.4 Å². The van der Waals surface area contributed by atoms with Gasteiger partial charge in [0.2, 0.25) is 0 Å². The van der Waals surface area contributed by atoms with Crippen LogP contribution in [0.1, 0.15) is 27.4 Å². The molecule has 0 bridgehead atoms. The maximum absolute atomic E-state index is 13.5. The Bertz CT molecular complexity index is 1020. The summed E-state index contributed by atoms with van der Waals surface area (Å²) >= 11 is 0. The zero-order chi connectivity index (χ0) is 21.1. The van der Waals surface area contributed by atoms with Gasteiger partial charge in [-0.15, -0.1) is 0 Å². The molecule has 0 unspecified atom stereocenters. The molecule has 0 spiro atoms. The third-order valence-corrected chi connectivity index (χ3v) is 5.58. The molecule has 1 N–H and O–H groups in total. The molecular formula is C25H23NO4. The van der Waals surface area contributed by atoms with Crippen LogP contribution < -0.4 is 4.74 Å². The van der Waals surface area contributed by atoms with E-state index in [-0.39, 0.29) is 12.3 Å². The highest BCUT2D eigenvalue weighted by Gasteiger charge is 2.51. The van der Waals surface area contributed by atoms with Crippen LogP contribution in [0, 0.1) is 0 Å². The van der Waals surface area contributed by atoms with E-state index in [9.17, 15) is 14.7 Å². The number of Topliss-reactive ketones (excluding diaryl/α,β-unsaturated/α-hetero) is 1. The first-order valence-electron chi connectivity index (χ1n) is 9.86. The van der Waals surface area contributed by atoms with Crippen LogP contribution >= 0.6 is 0 Å². The van der Waals surface area contributed by atoms with Crippen LogP contribution in [0.2, 0.25) is 0 Å². The molecule has 0 aromatic heterocycles. The highest BCUT2D eigenvalue weighted by Crippen LogP contribution is 2.37. The van der Waals surface area contributed by atoms with Crippen molar-refractivity contribution in [2.45, 2.75) is 24.6 Å². The van der Waals surface area contributed by atoms with E-state index in [1.165, 1.54) is 4.90 Å². The molecule has 1 aliphatic heterocycles. The quantitative estimate of drug-likeness (QED) is 0.643. The van der Waals surface area contributed by atoms with E-state index in [1.807, 2.05) is 60.7 Å². The first-order valence-corrected chi connectivity index (χ1v) is 9.86. The number of amides is 1. The molecule has 1 fully saturated rings. The van der Waals surface area contributed by atoms with Crippen LogP contribution in [-0.2, 0) is 11.3 Å². The van der Waals surface area contributed by atoms with E-state index >= 15 is 0 Å². The molecular weight excluding hydrogens is 378 g/mol. The second kappa shape index (κ2) is 8.51. The molecule has 3 aromatic rings. The Balaban J connectivity index is 1.74. The van der Waals surface area contributed by atoms with E-state index in [0.29, 0.717) is 11.3 Å². The third-order valence-electron chi connectivity index (χ3n) is 5.58. The number of likely N-dealkylation sites (tertiary alicyclic amines) is 1. The molecule has 0 aliphatic carbocycles. The molecule has 1 amide bonds. The summed E-state index contributed by atoms with van der Waals surface area (Å²) in [6.45, 7) is 0.229. The van der Waals surface area contributed by atoms with Crippen molar-refractivity contribution in [1.29, 1.82) is 0 Å². The van der Waals surface area contributed by atoms with E-state index in [2.05, 4.69) is 0 Å². The molecule has 3 atom stereocenters. The molecule has 1 saturated heterocycles. The van der Waals surface area contributed by atoms with Gasteiger partial charge in [-0.2, -0.15) is 0 Å². The minimum absolute atomic E-state index is 0.178. The number of aliphatic hydroxyl groups excluding tert-OH is 1. The van der Waals surface area contributed by atoms with Crippen molar-refractivity contribution in [1.82, 2.24) is 4.90 Å². The number of ether oxygens (including phenoxy) is 1.